The number of amides is 1. The van der Waals surface area contributed by atoms with Gasteiger partial charge in [0.1, 0.15) is 22.0 Å². The summed E-state index contributed by atoms with van der Waals surface area (Å²) in [5.74, 6) is 0.304. The number of hydrogen-bond acceptors (Lipinski definition) is 4. The summed E-state index contributed by atoms with van der Waals surface area (Å²) in [6, 6.07) is 14.4. The van der Waals surface area contributed by atoms with Crippen LogP contribution in [0.3, 0.4) is 0 Å². The second-order valence-corrected chi connectivity index (χ2v) is 5.84. The minimum Gasteiger partial charge on any atom is -0.497 e. The van der Waals surface area contributed by atoms with Gasteiger partial charge in [-0.05, 0) is 58.8 Å². The summed E-state index contributed by atoms with van der Waals surface area (Å²) in [7, 11) is 1.60. The molecule has 1 heterocycles. The fourth-order valence-corrected chi connectivity index (χ4v) is 2.41. The van der Waals surface area contributed by atoms with Gasteiger partial charge in [0.2, 0.25) is 0 Å². The first-order valence-electron chi connectivity index (χ1n) is 7.22. The number of nitrogens with zero attached hydrogens (tertiary/aromatic N) is 2. The van der Waals surface area contributed by atoms with Crippen LogP contribution in [0.5, 0.6) is 5.75 Å². The maximum atomic E-state index is 12.3. The van der Waals surface area contributed by atoms with E-state index in [1.165, 1.54) is 6.08 Å². The van der Waals surface area contributed by atoms with Gasteiger partial charge in [0, 0.05) is 0 Å². The van der Waals surface area contributed by atoms with Gasteiger partial charge in [0.15, 0.2) is 0 Å². The molecule has 0 unspecified atom stereocenters. The number of methoxy groups -OCH3 is 1. The second kappa shape index (κ2) is 8.27. The monoisotopic (exact) mass is 385 g/mol. The van der Waals surface area contributed by atoms with Crippen LogP contribution in [0.1, 0.15) is 24.2 Å². The van der Waals surface area contributed by atoms with E-state index in [0.29, 0.717) is 10.3 Å². The first-order chi connectivity index (χ1) is 11.5. The Balaban J connectivity index is 2.12. The third kappa shape index (κ3) is 4.67. The van der Waals surface area contributed by atoms with E-state index in [1.807, 2.05) is 37.3 Å². The van der Waals surface area contributed by atoms with Crippen LogP contribution in [-0.4, -0.2) is 18.0 Å². The Kier molecular flexibility index (Phi) is 6.10. The zero-order chi connectivity index (χ0) is 17.5. The predicted molar refractivity (Wildman–Crippen MR) is 95.1 cm³/mol. The molecule has 6 heteroatoms. The largest absolute Gasteiger partial charge is 0.497 e. The Bertz CT molecular complexity index is 795. The normalized spacial score (nSPS) is 12.2. The zero-order valence-corrected chi connectivity index (χ0v) is 14.9. The van der Waals surface area contributed by atoms with Gasteiger partial charge >= 0.3 is 0 Å². The van der Waals surface area contributed by atoms with Crippen molar-refractivity contribution in [3.8, 4) is 11.8 Å². The van der Waals surface area contributed by atoms with E-state index in [0.717, 1.165) is 11.3 Å². The molecule has 1 N–H and O–H groups in total. The molecule has 0 bridgehead atoms. The Morgan fingerprint density at radius 1 is 1.33 bits per heavy atom. The number of halogens is 1. The van der Waals surface area contributed by atoms with Crippen LogP contribution in [0.2, 0.25) is 0 Å². The highest BCUT2D eigenvalue weighted by molar-refractivity contribution is 9.10. The summed E-state index contributed by atoms with van der Waals surface area (Å²) in [6.45, 7) is 1.85. The second-order valence-electron chi connectivity index (χ2n) is 5.02. The summed E-state index contributed by atoms with van der Waals surface area (Å²) < 4.78 is 5.75. The number of ether oxygens (including phenoxy) is 1. The quantitative estimate of drug-likeness (QED) is 0.484. The van der Waals surface area contributed by atoms with Crippen LogP contribution in [0.15, 0.2) is 52.6 Å². The van der Waals surface area contributed by atoms with E-state index in [9.17, 15) is 10.1 Å². The van der Waals surface area contributed by atoms with Crippen molar-refractivity contribution in [2.45, 2.75) is 13.0 Å². The van der Waals surface area contributed by atoms with Crippen LogP contribution >= 0.6 is 15.9 Å². The number of hydrogen-bond donors (Lipinski definition) is 1. The number of pyridine rings is 1. The van der Waals surface area contributed by atoms with Gasteiger partial charge in [-0.3, -0.25) is 4.79 Å². The van der Waals surface area contributed by atoms with Gasteiger partial charge in [0.05, 0.1) is 18.8 Å². The number of carbonyl (C=O) groups is 1. The lowest BCUT2D eigenvalue weighted by molar-refractivity contribution is -0.117. The van der Waals surface area contributed by atoms with Crippen LogP contribution < -0.4 is 10.1 Å². The number of nitriles is 1. The minimum atomic E-state index is -0.442. The molecule has 122 valence electrons. The Labute approximate surface area is 149 Å². The lowest BCUT2D eigenvalue weighted by Crippen LogP contribution is -2.27. The van der Waals surface area contributed by atoms with Crippen molar-refractivity contribution in [3.63, 3.8) is 0 Å². The van der Waals surface area contributed by atoms with Crippen LogP contribution in [0.25, 0.3) is 6.08 Å². The molecule has 0 saturated carbocycles. The molecule has 24 heavy (non-hydrogen) atoms. The number of benzene rings is 1. The van der Waals surface area contributed by atoms with Crippen molar-refractivity contribution in [2.24, 2.45) is 0 Å². The Hall–Kier alpha value is -2.65. The van der Waals surface area contributed by atoms with Gasteiger partial charge < -0.3 is 10.1 Å². The molecule has 0 aliphatic carbocycles. The van der Waals surface area contributed by atoms with Crippen LogP contribution in [-0.2, 0) is 4.79 Å². The standard InChI is InChI=1S/C18H16BrN3O2/c1-12(13-6-8-16(24-2)9-7-13)21-18(23)14(11-20)10-15-4-3-5-17(19)22-15/h3-10,12H,1-2H3,(H,21,23)/t12-/m0/s1. The van der Waals surface area contributed by atoms with Gasteiger partial charge in [-0.1, -0.05) is 18.2 Å². The maximum absolute atomic E-state index is 12.3. The third-order valence-corrected chi connectivity index (χ3v) is 3.80. The summed E-state index contributed by atoms with van der Waals surface area (Å²) >= 11 is 3.26. The van der Waals surface area contributed by atoms with Crippen molar-refractivity contribution in [1.82, 2.24) is 10.3 Å². The molecule has 0 spiro atoms. The van der Waals surface area contributed by atoms with E-state index >= 15 is 0 Å². The molecule has 5 nitrogen and oxygen atoms in total. The first kappa shape index (κ1) is 17.7. The first-order valence-corrected chi connectivity index (χ1v) is 8.02. The van der Waals surface area contributed by atoms with E-state index in [4.69, 9.17) is 4.74 Å². The van der Waals surface area contributed by atoms with Crippen molar-refractivity contribution < 1.29 is 9.53 Å². The van der Waals surface area contributed by atoms with Gasteiger partial charge in [-0.25, -0.2) is 4.98 Å². The van der Waals surface area contributed by atoms with Crippen molar-refractivity contribution in [1.29, 1.82) is 5.26 Å². The number of aromatic nitrogens is 1. The fourth-order valence-electron chi connectivity index (χ4n) is 2.05. The molecule has 0 fully saturated rings. The smallest absolute Gasteiger partial charge is 0.262 e. The van der Waals surface area contributed by atoms with Crippen LogP contribution in [0.4, 0.5) is 0 Å². The topological polar surface area (TPSA) is 75.0 Å². The van der Waals surface area contributed by atoms with Crippen molar-refractivity contribution >= 4 is 27.9 Å². The highest BCUT2D eigenvalue weighted by Crippen LogP contribution is 2.18. The highest BCUT2D eigenvalue weighted by Gasteiger charge is 2.14. The Morgan fingerprint density at radius 3 is 2.62 bits per heavy atom. The maximum Gasteiger partial charge on any atom is 0.262 e. The van der Waals surface area contributed by atoms with Gasteiger partial charge in [-0.2, -0.15) is 5.26 Å². The highest BCUT2D eigenvalue weighted by atomic mass is 79.9. The molecular formula is C18H16BrN3O2. The molecule has 2 aromatic rings. The van der Waals surface area contributed by atoms with E-state index in [1.54, 1.807) is 25.3 Å². The lowest BCUT2D eigenvalue weighted by atomic mass is 10.1. The Morgan fingerprint density at radius 2 is 2.04 bits per heavy atom. The summed E-state index contributed by atoms with van der Waals surface area (Å²) in [4.78, 5) is 16.5. The SMILES string of the molecule is COc1ccc([C@H](C)NC(=O)C(C#N)=Cc2cccc(Br)n2)cc1. The summed E-state index contributed by atoms with van der Waals surface area (Å²) in [5.41, 5.74) is 1.45. The van der Waals surface area contributed by atoms with E-state index in [2.05, 4.69) is 26.2 Å². The fraction of sp³-hybridized carbons (Fsp3) is 0.167. The molecule has 0 aliphatic rings. The predicted octanol–water partition coefficient (Wildman–Crippen LogP) is 3.64. The van der Waals surface area contributed by atoms with Crippen LogP contribution in [0, 0.1) is 11.3 Å². The third-order valence-electron chi connectivity index (χ3n) is 3.36. The number of rotatable bonds is 5. The average Bonchev–Trinajstić information content (AvgIpc) is 2.59. The molecule has 0 saturated heterocycles. The summed E-state index contributed by atoms with van der Waals surface area (Å²) in [5, 5.41) is 12.1. The van der Waals surface area contributed by atoms with E-state index < -0.39 is 5.91 Å². The van der Waals surface area contributed by atoms with Crippen molar-refractivity contribution in [3.05, 3.63) is 63.9 Å². The summed E-state index contributed by atoms with van der Waals surface area (Å²) in [6.07, 6.45) is 1.46. The van der Waals surface area contributed by atoms with Gasteiger partial charge in [0.25, 0.3) is 5.91 Å². The molecule has 1 amide bonds. The lowest BCUT2D eigenvalue weighted by Gasteiger charge is -2.14. The minimum absolute atomic E-state index is 0.000890. The molecule has 0 aliphatic heterocycles. The molecular weight excluding hydrogens is 370 g/mol. The van der Waals surface area contributed by atoms with Gasteiger partial charge in [-0.15, -0.1) is 0 Å². The molecule has 2 rings (SSSR count). The average molecular weight is 386 g/mol. The number of carbonyl (C=O) groups excluding carboxylic acids is 1. The number of nitrogens with one attached hydrogen (secondary N) is 1. The molecule has 1 atom stereocenters. The molecule has 1 aromatic heterocycles. The zero-order valence-electron chi connectivity index (χ0n) is 13.3. The molecule has 1 aromatic carbocycles. The van der Waals surface area contributed by atoms with E-state index in [-0.39, 0.29) is 11.6 Å². The van der Waals surface area contributed by atoms with Crippen molar-refractivity contribution in [2.75, 3.05) is 7.11 Å². The molecule has 0 radical (unpaired) electrons.